The van der Waals surface area contributed by atoms with Crippen LogP contribution in [0.15, 0.2) is 41.9 Å². The highest BCUT2D eigenvalue weighted by Crippen LogP contribution is 2.08. The first-order valence-electron chi connectivity index (χ1n) is 10.2. The third kappa shape index (κ3) is 11.6. The van der Waals surface area contributed by atoms with Crippen LogP contribution in [-0.2, 0) is 17.8 Å². The first-order valence-corrected chi connectivity index (χ1v) is 10.2. The molecule has 0 spiro atoms. The average Bonchev–Trinajstić information content (AvgIpc) is 3.17. The highest BCUT2D eigenvalue weighted by Gasteiger charge is 2.15. The van der Waals surface area contributed by atoms with Crippen molar-refractivity contribution < 1.29 is 9.53 Å². The van der Waals surface area contributed by atoms with Gasteiger partial charge in [0, 0.05) is 19.6 Å². The number of alkyl carbamates (subject to hydrolysis) is 1. The van der Waals surface area contributed by atoms with E-state index >= 15 is 0 Å². The van der Waals surface area contributed by atoms with Crippen molar-refractivity contribution in [3.8, 4) is 0 Å². The Hall–Kier alpha value is -2.37. The summed E-state index contributed by atoms with van der Waals surface area (Å²) in [7, 11) is 0. The van der Waals surface area contributed by atoms with E-state index in [-0.39, 0.29) is 24.0 Å². The lowest BCUT2D eigenvalue weighted by Crippen LogP contribution is -2.39. The Morgan fingerprint density at radius 1 is 1.16 bits per heavy atom. The Kier molecular flexibility index (Phi) is 11.9. The SMILES string of the molecule is CCNC(=NCc1cccc(Cn2cncn2)c1)NCCCNC(=O)OC(C)(C)C.I. The van der Waals surface area contributed by atoms with Crippen LogP contribution < -0.4 is 16.0 Å². The lowest BCUT2D eigenvalue weighted by molar-refractivity contribution is 0.0527. The Morgan fingerprint density at radius 3 is 2.58 bits per heavy atom. The fourth-order valence-corrected chi connectivity index (χ4v) is 2.64. The van der Waals surface area contributed by atoms with E-state index < -0.39 is 11.7 Å². The zero-order valence-corrected chi connectivity index (χ0v) is 21.1. The number of guanidine groups is 1. The average molecular weight is 543 g/mol. The number of halogens is 1. The number of ether oxygens (including phenoxy) is 1. The largest absolute Gasteiger partial charge is 0.444 e. The van der Waals surface area contributed by atoms with Crippen LogP contribution in [0.25, 0.3) is 0 Å². The summed E-state index contributed by atoms with van der Waals surface area (Å²) in [5, 5.41) is 13.4. The minimum atomic E-state index is -0.486. The molecule has 0 bridgehead atoms. The Balaban J connectivity index is 0.00000480. The van der Waals surface area contributed by atoms with Gasteiger partial charge in [0.15, 0.2) is 5.96 Å². The number of amides is 1. The molecule has 0 aliphatic rings. The minimum absolute atomic E-state index is 0. The van der Waals surface area contributed by atoms with Crippen molar-refractivity contribution in [2.24, 2.45) is 4.99 Å². The number of hydrogen-bond donors (Lipinski definition) is 3. The first kappa shape index (κ1) is 26.7. The number of rotatable bonds is 9. The van der Waals surface area contributed by atoms with Crippen LogP contribution in [0.5, 0.6) is 0 Å². The molecule has 0 aliphatic heterocycles. The first-order chi connectivity index (χ1) is 14.4. The van der Waals surface area contributed by atoms with E-state index in [9.17, 15) is 4.79 Å². The van der Waals surface area contributed by atoms with E-state index in [4.69, 9.17) is 4.74 Å². The smallest absolute Gasteiger partial charge is 0.407 e. The summed E-state index contributed by atoms with van der Waals surface area (Å²) >= 11 is 0. The summed E-state index contributed by atoms with van der Waals surface area (Å²) in [6.07, 6.45) is 3.60. The monoisotopic (exact) mass is 543 g/mol. The van der Waals surface area contributed by atoms with Gasteiger partial charge in [0.25, 0.3) is 0 Å². The molecule has 31 heavy (non-hydrogen) atoms. The van der Waals surface area contributed by atoms with Gasteiger partial charge in [-0.15, -0.1) is 24.0 Å². The lowest BCUT2D eigenvalue weighted by atomic mass is 10.1. The topological polar surface area (TPSA) is 105 Å². The van der Waals surface area contributed by atoms with Gasteiger partial charge in [-0.3, -0.25) is 0 Å². The highest BCUT2D eigenvalue weighted by molar-refractivity contribution is 14.0. The molecule has 1 aromatic heterocycles. The molecule has 2 aromatic rings. The number of benzene rings is 1. The number of carbonyl (C=O) groups is 1. The van der Waals surface area contributed by atoms with Gasteiger partial charge in [0.2, 0.25) is 0 Å². The van der Waals surface area contributed by atoms with Crippen LogP contribution >= 0.6 is 24.0 Å². The fraction of sp³-hybridized carbons (Fsp3) is 0.524. The van der Waals surface area contributed by atoms with Crippen LogP contribution in [0.2, 0.25) is 0 Å². The number of hydrogen-bond acceptors (Lipinski definition) is 5. The molecule has 0 aliphatic carbocycles. The van der Waals surface area contributed by atoms with Crippen LogP contribution in [0.1, 0.15) is 45.2 Å². The molecular formula is C21H34IN7O2. The minimum Gasteiger partial charge on any atom is -0.444 e. The summed E-state index contributed by atoms with van der Waals surface area (Å²) in [4.78, 5) is 20.3. The normalized spacial score (nSPS) is 11.4. The van der Waals surface area contributed by atoms with Crippen molar-refractivity contribution >= 4 is 36.0 Å². The van der Waals surface area contributed by atoms with Crippen LogP contribution in [0.3, 0.4) is 0 Å². The van der Waals surface area contributed by atoms with Crippen LogP contribution in [-0.4, -0.2) is 52.1 Å². The van der Waals surface area contributed by atoms with Crippen LogP contribution in [0, 0.1) is 0 Å². The van der Waals surface area contributed by atoms with E-state index in [2.05, 4.69) is 49.2 Å². The standard InChI is InChI=1S/C21H33N7O2.HI/c1-5-23-19(24-10-7-11-25-20(29)30-21(2,3)4)26-13-17-8-6-9-18(12-17)14-28-16-22-15-27-28;/h6,8-9,12,15-16H,5,7,10-11,13-14H2,1-4H3,(H,25,29)(H2,23,24,26);1H. The van der Waals surface area contributed by atoms with E-state index in [1.54, 1.807) is 11.0 Å². The molecule has 0 fully saturated rings. The maximum atomic E-state index is 11.6. The molecule has 0 saturated heterocycles. The van der Waals surface area contributed by atoms with E-state index in [0.29, 0.717) is 26.2 Å². The van der Waals surface area contributed by atoms with Gasteiger partial charge in [-0.2, -0.15) is 5.10 Å². The molecule has 0 saturated carbocycles. The van der Waals surface area contributed by atoms with Gasteiger partial charge in [-0.05, 0) is 45.2 Å². The third-order valence-electron chi connectivity index (χ3n) is 3.88. The number of aromatic nitrogens is 3. The molecule has 1 heterocycles. The van der Waals surface area contributed by atoms with Gasteiger partial charge in [-0.1, -0.05) is 24.3 Å². The molecular weight excluding hydrogens is 509 g/mol. The number of aliphatic imine (C=N–C) groups is 1. The summed E-state index contributed by atoms with van der Waals surface area (Å²) < 4.78 is 7.01. The second-order valence-corrected chi connectivity index (χ2v) is 7.82. The molecule has 0 radical (unpaired) electrons. The maximum absolute atomic E-state index is 11.6. The third-order valence-corrected chi connectivity index (χ3v) is 3.88. The van der Waals surface area contributed by atoms with E-state index in [1.165, 1.54) is 6.33 Å². The van der Waals surface area contributed by atoms with Gasteiger partial charge in [0.05, 0.1) is 13.1 Å². The second-order valence-electron chi connectivity index (χ2n) is 7.82. The summed E-state index contributed by atoms with van der Waals surface area (Å²) in [5.41, 5.74) is 1.79. The molecule has 172 valence electrons. The molecule has 1 amide bonds. The maximum Gasteiger partial charge on any atom is 0.407 e. The van der Waals surface area contributed by atoms with Crippen molar-refractivity contribution in [3.63, 3.8) is 0 Å². The predicted octanol–water partition coefficient (Wildman–Crippen LogP) is 2.91. The van der Waals surface area contributed by atoms with Gasteiger partial charge in [-0.25, -0.2) is 19.5 Å². The Bertz CT molecular complexity index is 804. The van der Waals surface area contributed by atoms with E-state index in [0.717, 1.165) is 30.1 Å². The zero-order valence-electron chi connectivity index (χ0n) is 18.7. The van der Waals surface area contributed by atoms with Crippen molar-refractivity contribution in [3.05, 3.63) is 48.0 Å². The quantitative estimate of drug-likeness (QED) is 0.195. The zero-order chi connectivity index (χ0) is 21.8. The van der Waals surface area contributed by atoms with Gasteiger partial charge in [0.1, 0.15) is 18.3 Å². The van der Waals surface area contributed by atoms with Crippen molar-refractivity contribution in [2.45, 2.75) is 52.8 Å². The van der Waals surface area contributed by atoms with Gasteiger partial charge < -0.3 is 20.7 Å². The molecule has 3 N–H and O–H groups in total. The molecule has 0 atom stereocenters. The van der Waals surface area contributed by atoms with Gasteiger partial charge >= 0.3 is 6.09 Å². The number of nitrogens with one attached hydrogen (secondary N) is 3. The molecule has 10 heteroatoms. The molecule has 0 unspecified atom stereocenters. The highest BCUT2D eigenvalue weighted by atomic mass is 127. The molecule has 2 rings (SSSR count). The number of nitrogens with zero attached hydrogens (tertiary/aromatic N) is 4. The predicted molar refractivity (Wildman–Crippen MR) is 133 cm³/mol. The summed E-state index contributed by atoms with van der Waals surface area (Å²) in [6, 6.07) is 8.28. The summed E-state index contributed by atoms with van der Waals surface area (Å²) in [6.45, 7) is 10.8. The molecule has 1 aromatic carbocycles. The fourth-order valence-electron chi connectivity index (χ4n) is 2.64. The van der Waals surface area contributed by atoms with Crippen molar-refractivity contribution in [1.82, 2.24) is 30.7 Å². The second kappa shape index (κ2) is 13.8. The van der Waals surface area contributed by atoms with Crippen molar-refractivity contribution in [2.75, 3.05) is 19.6 Å². The summed E-state index contributed by atoms with van der Waals surface area (Å²) in [5.74, 6) is 0.747. The van der Waals surface area contributed by atoms with Crippen LogP contribution in [0.4, 0.5) is 4.79 Å². The Morgan fingerprint density at radius 2 is 1.90 bits per heavy atom. The lowest BCUT2D eigenvalue weighted by Gasteiger charge is -2.19. The molecule has 9 nitrogen and oxygen atoms in total. The van der Waals surface area contributed by atoms with E-state index in [1.807, 2.05) is 33.8 Å². The number of carbonyl (C=O) groups excluding carboxylic acids is 1. The Labute approximate surface area is 201 Å². The van der Waals surface area contributed by atoms with Crippen molar-refractivity contribution in [1.29, 1.82) is 0 Å².